The Balaban J connectivity index is 2.27. The van der Waals surface area contributed by atoms with Gasteiger partial charge in [0.1, 0.15) is 5.82 Å². The first-order valence-electron chi connectivity index (χ1n) is 6.46. The summed E-state index contributed by atoms with van der Waals surface area (Å²) in [5.41, 5.74) is 8.65. The molecule has 1 heterocycles. The summed E-state index contributed by atoms with van der Waals surface area (Å²) >= 11 is 12.1. The minimum atomic E-state index is 0.00201. The molecular weight excluding hydrogens is 295 g/mol. The van der Waals surface area contributed by atoms with Gasteiger partial charge in [0.2, 0.25) is 0 Å². The fourth-order valence-electron chi connectivity index (χ4n) is 2.16. The van der Waals surface area contributed by atoms with Crippen molar-refractivity contribution in [3.63, 3.8) is 0 Å². The monoisotopic (exact) mass is 312 g/mol. The molecule has 108 valence electrons. The average molecular weight is 313 g/mol. The van der Waals surface area contributed by atoms with Gasteiger partial charge in [0.25, 0.3) is 0 Å². The number of hydrogen-bond donors (Lipinski definition) is 2. The lowest BCUT2D eigenvalue weighted by atomic mass is 10.1. The van der Waals surface area contributed by atoms with Crippen molar-refractivity contribution in [1.82, 2.24) is 9.78 Å². The van der Waals surface area contributed by atoms with Crippen molar-refractivity contribution in [1.29, 1.82) is 0 Å². The molecule has 0 saturated carbocycles. The average Bonchev–Trinajstić information content (AvgIpc) is 2.66. The number of nitrogens with zero attached hydrogens (tertiary/aromatic N) is 2. The fourth-order valence-corrected chi connectivity index (χ4v) is 2.74. The third-order valence-corrected chi connectivity index (χ3v) is 3.84. The number of benzene rings is 1. The first-order chi connectivity index (χ1) is 9.43. The van der Waals surface area contributed by atoms with E-state index in [9.17, 15) is 0 Å². The van der Waals surface area contributed by atoms with E-state index in [0.29, 0.717) is 15.7 Å². The molecule has 0 aliphatic rings. The molecule has 1 atom stereocenters. The molecule has 0 radical (unpaired) electrons. The van der Waals surface area contributed by atoms with Crippen LogP contribution in [-0.2, 0) is 13.5 Å². The van der Waals surface area contributed by atoms with Crippen LogP contribution in [0.1, 0.15) is 31.1 Å². The zero-order valence-corrected chi connectivity index (χ0v) is 13.3. The Bertz CT molecular complexity index is 622. The van der Waals surface area contributed by atoms with Crippen LogP contribution < -0.4 is 11.1 Å². The van der Waals surface area contributed by atoms with Crippen molar-refractivity contribution in [2.45, 2.75) is 26.3 Å². The van der Waals surface area contributed by atoms with Crippen LogP contribution >= 0.6 is 23.2 Å². The molecular formula is C14H18Cl2N4. The van der Waals surface area contributed by atoms with E-state index in [1.54, 1.807) is 10.7 Å². The molecule has 0 bridgehead atoms. The van der Waals surface area contributed by atoms with Crippen molar-refractivity contribution >= 4 is 34.7 Å². The largest absolute Gasteiger partial charge is 0.394 e. The maximum atomic E-state index is 6.22. The van der Waals surface area contributed by atoms with E-state index in [-0.39, 0.29) is 6.04 Å². The van der Waals surface area contributed by atoms with Gasteiger partial charge in [0.15, 0.2) is 0 Å². The summed E-state index contributed by atoms with van der Waals surface area (Å²) in [7, 11) is 1.87. The van der Waals surface area contributed by atoms with Crippen LogP contribution in [0.25, 0.3) is 0 Å². The highest BCUT2D eigenvalue weighted by molar-refractivity contribution is 6.35. The molecule has 0 aliphatic heterocycles. The SMILES string of the molecule is CCc1nn(C)c(NC(C)c2ccc(Cl)cc2Cl)c1N. The van der Waals surface area contributed by atoms with Crippen LogP contribution in [0.3, 0.4) is 0 Å². The molecule has 1 aromatic carbocycles. The summed E-state index contributed by atoms with van der Waals surface area (Å²) in [6, 6.07) is 5.48. The van der Waals surface area contributed by atoms with Crippen LogP contribution in [0.5, 0.6) is 0 Å². The molecule has 0 saturated heterocycles. The van der Waals surface area contributed by atoms with Gasteiger partial charge in [0, 0.05) is 17.1 Å². The third-order valence-electron chi connectivity index (χ3n) is 3.28. The van der Waals surface area contributed by atoms with Crippen LogP contribution in [0, 0.1) is 0 Å². The molecule has 2 rings (SSSR count). The molecule has 20 heavy (non-hydrogen) atoms. The molecule has 1 aromatic heterocycles. The van der Waals surface area contributed by atoms with Gasteiger partial charge in [-0.2, -0.15) is 5.10 Å². The highest BCUT2D eigenvalue weighted by Gasteiger charge is 2.16. The van der Waals surface area contributed by atoms with E-state index in [4.69, 9.17) is 28.9 Å². The lowest BCUT2D eigenvalue weighted by molar-refractivity contribution is 0.735. The van der Waals surface area contributed by atoms with Crippen LogP contribution in [0.2, 0.25) is 10.0 Å². The lowest BCUT2D eigenvalue weighted by Gasteiger charge is -2.17. The third kappa shape index (κ3) is 2.86. The Labute approximate surface area is 128 Å². The van der Waals surface area contributed by atoms with Crippen LogP contribution in [-0.4, -0.2) is 9.78 Å². The maximum absolute atomic E-state index is 6.22. The highest BCUT2D eigenvalue weighted by atomic mass is 35.5. The molecule has 0 aliphatic carbocycles. The van der Waals surface area contributed by atoms with Crippen LogP contribution in [0.15, 0.2) is 18.2 Å². The van der Waals surface area contributed by atoms with Gasteiger partial charge in [-0.15, -0.1) is 0 Å². The number of rotatable bonds is 4. The van der Waals surface area contributed by atoms with Gasteiger partial charge in [0.05, 0.1) is 17.4 Å². The molecule has 3 N–H and O–H groups in total. The van der Waals surface area contributed by atoms with Crippen molar-refractivity contribution in [3.05, 3.63) is 39.5 Å². The van der Waals surface area contributed by atoms with Crippen molar-refractivity contribution in [2.24, 2.45) is 7.05 Å². The summed E-state index contributed by atoms with van der Waals surface area (Å²) in [6.45, 7) is 4.05. The smallest absolute Gasteiger partial charge is 0.148 e. The minimum Gasteiger partial charge on any atom is -0.394 e. The number of nitrogens with two attached hydrogens (primary N) is 1. The van der Waals surface area contributed by atoms with Crippen molar-refractivity contribution < 1.29 is 0 Å². The molecule has 6 heteroatoms. The molecule has 2 aromatic rings. The van der Waals surface area contributed by atoms with Crippen LogP contribution in [0.4, 0.5) is 11.5 Å². The topological polar surface area (TPSA) is 55.9 Å². The molecule has 0 amide bonds. The van der Waals surface area contributed by atoms with Gasteiger partial charge in [-0.05, 0) is 31.0 Å². The van der Waals surface area contributed by atoms with E-state index in [1.165, 1.54) is 0 Å². The number of halogens is 2. The predicted molar refractivity (Wildman–Crippen MR) is 85.5 cm³/mol. The molecule has 4 nitrogen and oxygen atoms in total. The quantitative estimate of drug-likeness (QED) is 0.895. The fraction of sp³-hybridized carbons (Fsp3) is 0.357. The Morgan fingerprint density at radius 2 is 2.10 bits per heavy atom. The molecule has 0 spiro atoms. The second-order valence-corrected chi connectivity index (χ2v) is 5.56. The number of aromatic nitrogens is 2. The number of nitrogens with one attached hydrogen (secondary N) is 1. The number of aryl methyl sites for hydroxylation is 2. The standard InChI is InChI=1S/C14H18Cl2N4/c1-4-12-13(17)14(20(3)19-12)18-8(2)10-6-5-9(15)7-11(10)16/h5-8,18H,4,17H2,1-3H3. The zero-order valence-electron chi connectivity index (χ0n) is 11.7. The van der Waals surface area contributed by atoms with E-state index in [0.717, 1.165) is 23.5 Å². The Kier molecular flexibility index (Phi) is 4.45. The predicted octanol–water partition coefficient (Wildman–Crippen LogP) is 4.04. The van der Waals surface area contributed by atoms with Gasteiger partial charge in [-0.25, -0.2) is 0 Å². The van der Waals surface area contributed by atoms with Gasteiger partial charge < -0.3 is 11.1 Å². The van der Waals surface area contributed by atoms with E-state index < -0.39 is 0 Å². The Morgan fingerprint density at radius 1 is 1.40 bits per heavy atom. The summed E-state index contributed by atoms with van der Waals surface area (Å²) < 4.78 is 1.76. The van der Waals surface area contributed by atoms with Crippen molar-refractivity contribution in [2.75, 3.05) is 11.1 Å². The van der Waals surface area contributed by atoms with E-state index in [1.807, 2.05) is 33.0 Å². The second kappa shape index (κ2) is 5.94. The first kappa shape index (κ1) is 15.0. The van der Waals surface area contributed by atoms with E-state index in [2.05, 4.69) is 10.4 Å². The second-order valence-electron chi connectivity index (χ2n) is 4.72. The first-order valence-corrected chi connectivity index (χ1v) is 7.22. The number of anilines is 2. The zero-order chi connectivity index (χ0) is 14.9. The Hall–Kier alpha value is -1.39. The molecule has 1 unspecified atom stereocenters. The molecule has 0 fully saturated rings. The summed E-state index contributed by atoms with van der Waals surface area (Å²) in [5.74, 6) is 0.806. The van der Waals surface area contributed by atoms with Crippen molar-refractivity contribution in [3.8, 4) is 0 Å². The normalized spacial score (nSPS) is 12.4. The maximum Gasteiger partial charge on any atom is 0.148 e. The summed E-state index contributed by atoms with van der Waals surface area (Å²) in [6.07, 6.45) is 0.803. The number of hydrogen-bond acceptors (Lipinski definition) is 3. The van der Waals surface area contributed by atoms with E-state index >= 15 is 0 Å². The Morgan fingerprint density at radius 3 is 2.65 bits per heavy atom. The summed E-state index contributed by atoms with van der Waals surface area (Å²) in [5, 5.41) is 9.00. The minimum absolute atomic E-state index is 0.00201. The van der Waals surface area contributed by atoms with Gasteiger partial charge in [-0.1, -0.05) is 36.2 Å². The summed E-state index contributed by atoms with van der Waals surface area (Å²) in [4.78, 5) is 0. The van der Waals surface area contributed by atoms with Gasteiger partial charge in [-0.3, -0.25) is 4.68 Å². The lowest BCUT2D eigenvalue weighted by Crippen LogP contribution is -2.11. The van der Waals surface area contributed by atoms with Gasteiger partial charge >= 0.3 is 0 Å². The number of nitrogen functional groups attached to an aromatic ring is 1. The highest BCUT2D eigenvalue weighted by Crippen LogP contribution is 2.31.